The molecule has 0 unspecified atom stereocenters. The maximum atomic E-state index is 13.3. The third-order valence-electron chi connectivity index (χ3n) is 5.46. The minimum atomic E-state index is -0.427. The standard InChI is InChI=1S/C23H27NO5/c1-5-15-6-8-16(9-7-15)23(26)24-11-10-17-12-20(27-2)21(28-3)13-18(17)19(24)14-22(25)29-4/h6-9,12-13,19H,5,10-11,14H2,1-4H3/t19-/m0/s1. The van der Waals surface area contributed by atoms with E-state index < -0.39 is 6.04 Å². The van der Waals surface area contributed by atoms with Crippen LogP contribution in [0.1, 0.15) is 46.4 Å². The fraction of sp³-hybridized carbons (Fsp3) is 0.391. The summed E-state index contributed by atoms with van der Waals surface area (Å²) in [4.78, 5) is 27.2. The first-order valence-electron chi connectivity index (χ1n) is 9.73. The van der Waals surface area contributed by atoms with Gasteiger partial charge in [-0.05, 0) is 53.8 Å². The molecule has 1 aliphatic heterocycles. The Morgan fingerprint density at radius 3 is 2.28 bits per heavy atom. The van der Waals surface area contributed by atoms with Crippen molar-refractivity contribution in [2.24, 2.45) is 0 Å². The number of carbonyl (C=O) groups excluding carboxylic acids is 2. The van der Waals surface area contributed by atoms with Crippen LogP contribution in [0.5, 0.6) is 11.5 Å². The van der Waals surface area contributed by atoms with Crippen LogP contribution >= 0.6 is 0 Å². The molecular formula is C23H27NO5. The first-order chi connectivity index (χ1) is 14.0. The molecule has 0 N–H and O–H groups in total. The maximum Gasteiger partial charge on any atom is 0.307 e. The van der Waals surface area contributed by atoms with Gasteiger partial charge in [0, 0.05) is 12.1 Å². The molecule has 0 saturated carbocycles. The highest BCUT2D eigenvalue weighted by Gasteiger charge is 2.34. The molecular weight excluding hydrogens is 370 g/mol. The van der Waals surface area contributed by atoms with Crippen LogP contribution < -0.4 is 9.47 Å². The van der Waals surface area contributed by atoms with Gasteiger partial charge in [0.25, 0.3) is 5.91 Å². The Hall–Kier alpha value is -3.02. The number of ether oxygens (including phenoxy) is 3. The number of aryl methyl sites for hydroxylation is 1. The highest BCUT2D eigenvalue weighted by atomic mass is 16.5. The zero-order valence-corrected chi connectivity index (χ0v) is 17.4. The summed E-state index contributed by atoms with van der Waals surface area (Å²) in [5.41, 5.74) is 3.72. The molecule has 1 aliphatic rings. The number of nitrogens with zero attached hydrogens (tertiary/aromatic N) is 1. The number of rotatable bonds is 6. The molecule has 0 radical (unpaired) electrons. The lowest BCUT2D eigenvalue weighted by Gasteiger charge is -2.37. The van der Waals surface area contributed by atoms with E-state index in [0.29, 0.717) is 30.0 Å². The molecule has 0 saturated heterocycles. The van der Waals surface area contributed by atoms with Gasteiger partial charge in [0.2, 0.25) is 0 Å². The first-order valence-corrected chi connectivity index (χ1v) is 9.73. The molecule has 1 amide bonds. The highest BCUT2D eigenvalue weighted by Crippen LogP contribution is 2.40. The van der Waals surface area contributed by atoms with Crippen molar-refractivity contribution in [3.8, 4) is 11.5 Å². The van der Waals surface area contributed by atoms with Crippen molar-refractivity contribution in [3.63, 3.8) is 0 Å². The van der Waals surface area contributed by atoms with E-state index in [1.165, 1.54) is 12.7 Å². The molecule has 3 rings (SSSR count). The second-order valence-electron chi connectivity index (χ2n) is 7.00. The Labute approximate surface area is 171 Å². The molecule has 0 bridgehead atoms. The van der Waals surface area contributed by atoms with Crippen molar-refractivity contribution in [2.75, 3.05) is 27.9 Å². The van der Waals surface area contributed by atoms with E-state index in [1.807, 2.05) is 36.4 Å². The number of hydrogen-bond donors (Lipinski definition) is 0. The predicted octanol–water partition coefficient (Wildman–Crippen LogP) is 3.57. The van der Waals surface area contributed by atoms with Crippen LogP contribution in [-0.2, 0) is 22.4 Å². The average Bonchev–Trinajstić information content (AvgIpc) is 2.77. The summed E-state index contributed by atoms with van der Waals surface area (Å²) in [6.07, 6.45) is 1.67. The van der Waals surface area contributed by atoms with E-state index in [9.17, 15) is 9.59 Å². The van der Waals surface area contributed by atoms with Gasteiger partial charge in [0.15, 0.2) is 11.5 Å². The van der Waals surface area contributed by atoms with Crippen molar-refractivity contribution in [3.05, 3.63) is 58.7 Å². The fourth-order valence-corrected chi connectivity index (χ4v) is 3.78. The van der Waals surface area contributed by atoms with Gasteiger partial charge < -0.3 is 19.1 Å². The quantitative estimate of drug-likeness (QED) is 0.698. The lowest BCUT2D eigenvalue weighted by atomic mass is 9.89. The highest BCUT2D eigenvalue weighted by molar-refractivity contribution is 5.95. The topological polar surface area (TPSA) is 65.1 Å². The molecule has 6 heteroatoms. The molecule has 2 aromatic carbocycles. The Morgan fingerprint density at radius 2 is 1.69 bits per heavy atom. The van der Waals surface area contributed by atoms with Gasteiger partial charge in [-0.2, -0.15) is 0 Å². The second kappa shape index (κ2) is 8.99. The summed E-state index contributed by atoms with van der Waals surface area (Å²) in [6.45, 7) is 2.59. The number of amides is 1. The molecule has 154 valence electrons. The zero-order chi connectivity index (χ0) is 21.0. The zero-order valence-electron chi connectivity index (χ0n) is 17.4. The fourth-order valence-electron chi connectivity index (χ4n) is 3.78. The third-order valence-corrected chi connectivity index (χ3v) is 5.46. The van der Waals surface area contributed by atoms with Gasteiger partial charge >= 0.3 is 5.97 Å². The van der Waals surface area contributed by atoms with Crippen molar-refractivity contribution in [2.45, 2.75) is 32.2 Å². The number of esters is 1. The van der Waals surface area contributed by atoms with E-state index in [-0.39, 0.29) is 18.3 Å². The maximum absolute atomic E-state index is 13.3. The minimum absolute atomic E-state index is 0.0811. The molecule has 29 heavy (non-hydrogen) atoms. The monoisotopic (exact) mass is 397 g/mol. The molecule has 1 heterocycles. The van der Waals surface area contributed by atoms with Crippen LogP contribution in [0, 0.1) is 0 Å². The Bertz CT molecular complexity index is 891. The van der Waals surface area contributed by atoms with Gasteiger partial charge in [-0.1, -0.05) is 19.1 Å². The van der Waals surface area contributed by atoms with E-state index in [0.717, 1.165) is 17.5 Å². The molecule has 0 aromatic heterocycles. The smallest absolute Gasteiger partial charge is 0.307 e. The van der Waals surface area contributed by atoms with E-state index in [1.54, 1.807) is 19.1 Å². The van der Waals surface area contributed by atoms with Gasteiger partial charge in [0.05, 0.1) is 33.8 Å². The number of carbonyl (C=O) groups is 2. The Kier molecular flexibility index (Phi) is 6.42. The Balaban J connectivity index is 2.00. The average molecular weight is 397 g/mol. The summed E-state index contributed by atoms with van der Waals surface area (Å²) in [7, 11) is 4.52. The predicted molar refractivity (Wildman–Crippen MR) is 109 cm³/mol. The summed E-state index contributed by atoms with van der Waals surface area (Å²) in [6, 6.07) is 11.0. The number of benzene rings is 2. The number of hydrogen-bond acceptors (Lipinski definition) is 5. The van der Waals surface area contributed by atoms with Crippen molar-refractivity contribution < 1.29 is 23.8 Å². The van der Waals surface area contributed by atoms with Crippen LogP contribution in [0.2, 0.25) is 0 Å². The molecule has 6 nitrogen and oxygen atoms in total. The lowest BCUT2D eigenvalue weighted by molar-refractivity contribution is -0.141. The molecule has 0 fully saturated rings. The molecule has 1 atom stereocenters. The molecule has 0 spiro atoms. The van der Waals surface area contributed by atoms with Gasteiger partial charge in [-0.3, -0.25) is 9.59 Å². The lowest BCUT2D eigenvalue weighted by Crippen LogP contribution is -2.41. The van der Waals surface area contributed by atoms with Gasteiger partial charge in [-0.25, -0.2) is 0 Å². The number of methoxy groups -OCH3 is 3. The van der Waals surface area contributed by atoms with Crippen molar-refractivity contribution >= 4 is 11.9 Å². The van der Waals surface area contributed by atoms with E-state index >= 15 is 0 Å². The number of fused-ring (bicyclic) bond motifs is 1. The van der Waals surface area contributed by atoms with Crippen LogP contribution in [0.4, 0.5) is 0 Å². The van der Waals surface area contributed by atoms with Crippen LogP contribution in [-0.4, -0.2) is 44.7 Å². The third kappa shape index (κ3) is 4.21. The Morgan fingerprint density at radius 1 is 1.03 bits per heavy atom. The summed E-state index contributed by atoms with van der Waals surface area (Å²) >= 11 is 0. The van der Waals surface area contributed by atoms with Crippen LogP contribution in [0.15, 0.2) is 36.4 Å². The van der Waals surface area contributed by atoms with Crippen LogP contribution in [0.3, 0.4) is 0 Å². The van der Waals surface area contributed by atoms with Crippen molar-refractivity contribution in [1.82, 2.24) is 4.90 Å². The SMILES string of the molecule is CCc1ccc(C(=O)N2CCc3cc(OC)c(OC)cc3[C@@H]2CC(=O)OC)cc1. The van der Waals surface area contributed by atoms with Crippen LogP contribution in [0.25, 0.3) is 0 Å². The largest absolute Gasteiger partial charge is 0.493 e. The first kappa shape index (κ1) is 20.7. The summed E-state index contributed by atoms with van der Waals surface area (Å²) < 4.78 is 15.8. The van der Waals surface area contributed by atoms with E-state index in [2.05, 4.69) is 6.92 Å². The summed E-state index contributed by atoms with van der Waals surface area (Å²) in [5, 5.41) is 0. The van der Waals surface area contributed by atoms with Gasteiger partial charge in [0.1, 0.15) is 0 Å². The van der Waals surface area contributed by atoms with E-state index in [4.69, 9.17) is 14.2 Å². The molecule has 2 aromatic rings. The van der Waals surface area contributed by atoms with Gasteiger partial charge in [-0.15, -0.1) is 0 Å². The second-order valence-corrected chi connectivity index (χ2v) is 7.00. The van der Waals surface area contributed by atoms with Crippen molar-refractivity contribution in [1.29, 1.82) is 0 Å². The normalized spacial score (nSPS) is 15.4. The molecule has 0 aliphatic carbocycles. The minimum Gasteiger partial charge on any atom is -0.493 e. The summed E-state index contributed by atoms with van der Waals surface area (Å²) in [5.74, 6) is 0.750.